The Hall–Kier alpha value is -4.04. The smallest absolute Gasteiger partial charge is 0.305 e. The predicted octanol–water partition coefficient (Wildman–Crippen LogP) is 7.32. The number of carboxylic acids is 1. The molecule has 1 saturated carbocycles. The average Bonchev–Trinajstić information content (AvgIpc) is 3.28. The number of carbonyl (C=O) groups is 3. The highest BCUT2D eigenvalue weighted by molar-refractivity contribution is 6.46. The molecule has 1 spiro atoms. The van der Waals surface area contributed by atoms with Gasteiger partial charge in [0.15, 0.2) is 0 Å². The summed E-state index contributed by atoms with van der Waals surface area (Å²) in [5.74, 6) is -0.822. The van der Waals surface area contributed by atoms with Gasteiger partial charge >= 0.3 is 5.97 Å². The molecule has 1 atom stereocenters. The van der Waals surface area contributed by atoms with Crippen molar-refractivity contribution >= 4 is 35.1 Å². The normalized spacial score (nSPS) is 20.6. The molecule has 9 heteroatoms. The Morgan fingerprint density at radius 1 is 1.02 bits per heavy atom. The molecule has 1 aromatic heterocycles. The van der Waals surface area contributed by atoms with E-state index in [1.165, 1.54) is 0 Å². The van der Waals surface area contributed by atoms with Crippen LogP contribution in [0.4, 0.5) is 0 Å². The molecule has 8 nitrogen and oxygen atoms in total. The molecule has 2 N–H and O–H groups in total. The van der Waals surface area contributed by atoms with Crippen molar-refractivity contribution in [1.82, 2.24) is 15.2 Å². The molecule has 2 amide bonds. The summed E-state index contributed by atoms with van der Waals surface area (Å²) in [6.45, 7) is 8.99. The van der Waals surface area contributed by atoms with Crippen LogP contribution in [0.25, 0.3) is 11.1 Å². The largest absolute Gasteiger partial charge is 0.481 e. The van der Waals surface area contributed by atoms with E-state index < -0.39 is 11.6 Å². The molecule has 3 aromatic rings. The summed E-state index contributed by atoms with van der Waals surface area (Å²) in [5.41, 5.74) is 4.11. The fraction of sp³-hybridized carbons (Fsp3) is 0.417. The van der Waals surface area contributed by atoms with E-state index in [0.717, 1.165) is 47.9 Å². The van der Waals surface area contributed by atoms with Crippen LogP contribution in [0.3, 0.4) is 0 Å². The van der Waals surface area contributed by atoms with E-state index >= 15 is 0 Å². The number of pyridine rings is 1. The highest BCUT2D eigenvalue weighted by Crippen LogP contribution is 2.49. The highest BCUT2D eigenvalue weighted by atomic mass is 35.5. The van der Waals surface area contributed by atoms with Crippen LogP contribution < -0.4 is 5.32 Å². The fourth-order valence-electron chi connectivity index (χ4n) is 6.74. The van der Waals surface area contributed by atoms with Crippen molar-refractivity contribution in [3.8, 4) is 11.1 Å². The van der Waals surface area contributed by atoms with Crippen molar-refractivity contribution in [3.63, 3.8) is 0 Å². The van der Waals surface area contributed by atoms with E-state index in [4.69, 9.17) is 21.7 Å². The van der Waals surface area contributed by atoms with Gasteiger partial charge in [0.05, 0.1) is 12.5 Å². The summed E-state index contributed by atoms with van der Waals surface area (Å²) in [6, 6.07) is 18.6. The third kappa shape index (κ3) is 6.96. The summed E-state index contributed by atoms with van der Waals surface area (Å²) in [4.78, 5) is 49.2. The summed E-state index contributed by atoms with van der Waals surface area (Å²) < 4.78 is 0. The van der Waals surface area contributed by atoms with Crippen molar-refractivity contribution in [1.29, 1.82) is 0 Å². The van der Waals surface area contributed by atoms with Gasteiger partial charge in [-0.15, -0.1) is 0 Å². The van der Waals surface area contributed by atoms with Gasteiger partial charge in [-0.25, -0.2) is 4.98 Å². The lowest BCUT2D eigenvalue weighted by atomic mass is 9.69. The number of carboxylic acid groups (broad SMARTS) is 1. The van der Waals surface area contributed by atoms with Gasteiger partial charge in [0.25, 0.3) is 11.8 Å². The molecule has 236 valence electrons. The van der Waals surface area contributed by atoms with Gasteiger partial charge in [-0.1, -0.05) is 75.7 Å². The molecule has 2 aliphatic rings. The maximum absolute atomic E-state index is 14.4. The van der Waals surface area contributed by atoms with Gasteiger partial charge < -0.3 is 15.3 Å². The second-order valence-corrected chi connectivity index (χ2v) is 13.5. The molecular formula is C36H41ClN4O4. The number of amides is 2. The number of hydrogen-bond acceptors (Lipinski definition) is 5. The van der Waals surface area contributed by atoms with Gasteiger partial charge in [0, 0.05) is 23.9 Å². The maximum Gasteiger partial charge on any atom is 0.305 e. The van der Waals surface area contributed by atoms with E-state index in [-0.39, 0.29) is 36.2 Å². The highest BCUT2D eigenvalue weighted by Gasteiger charge is 2.52. The molecule has 2 aromatic carbocycles. The zero-order chi connectivity index (χ0) is 32.4. The summed E-state index contributed by atoms with van der Waals surface area (Å²) >= 11 is 6.11. The van der Waals surface area contributed by atoms with E-state index in [0.29, 0.717) is 28.8 Å². The van der Waals surface area contributed by atoms with E-state index in [2.05, 4.69) is 38.0 Å². The van der Waals surface area contributed by atoms with Crippen LogP contribution in [-0.2, 0) is 9.59 Å². The Morgan fingerprint density at radius 2 is 1.67 bits per heavy atom. The summed E-state index contributed by atoms with van der Waals surface area (Å²) in [5, 5.41) is 11.9. The zero-order valence-electron chi connectivity index (χ0n) is 26.3. The predicted molar refractivity (Wildman–Crippen MR) is 176 cm³/mol. The monoisotopic (exact) mass is 628 g/mol. The number of aliphatic imine (C=N–C) groups is 1. The number of hydrogen-bond donors (Lipinski definition) is 2. The van der Waals surface area contributed by atoms with Gasteiger partial charge in [-0.3, -0.25) is 19.4 Å². The molecule has 1 aliphatic carbocycles. The minimum atomic E-state index is -0.964. The van der Waals surface area contributed by atoms with Crippen LogP contribution >= 0.6 is 11.6 Å². The number of carbonyl (C=O) groups excluding carboxylic acids is 2. The van der Waals surface area contributed by atoms with Gasteiger partial charge in [-0.05, 0) is 84.4 Å². The molecule has 1 fully saturated rings. The molecular weight excluding hydrogens is 588 g/mol. The van der Waals surface area contributed by atoms with Crippen molar-refractivity contribution in [2.45, 2.75) is 77.9 Å². The zero-order valence-corrected chi connectivity index (χ0v) is 27.1. The van der Waals surface area contributed by atoms with Crippen LogP contribution in [-0.4, -0.2) is 50.7 Å². The average molecular weight is 629 g/mol. The fourth-order valence-corrected chi connectivity index (χ4v) is 6.92. The van der Waals surface area contributed by atoms with Gasteiger partial charge in [0.2, 0.25) is 0 Å². The second kappa shape index (κ2) is 13.1. The van der Waals surface area contributed by atoms with Crippen molar-refractivity contribution in [3.05, 3.63) is 88.7 Å². The summed E-state index contributed by atoms with van der Waals surface area (Å²) in [6.07, 6.45) is 5.77. The third-order valence-corrected chi connectivity index (χ3v) is 9.51. The van der Waals surface area contributed by atoms with Crippen LogP contribution in [0, 0.1) is 11.3 Å². The molecule has 1 unspecified atom stereocenters. The van der Waals surface area contributed by atoms with E-state index in [1.807, 2.05) is 53.4 Å². The van der Waals surface area contributed by atoms with Gasteiger partial charge in [0.1, 0.15) is 16.5 Å². The Balaban J connectivity index is 1.45. The van der Waals surface area contributed by atoms with E-state index in [9.17, 15) is 14.4 Å². The van der Waals surface area contributed by atoms with Crippen molar-refractivity contribution in [2.24, 2.45) is 16.3 Å². The van der Waals surface area contributed by atoms with Crippen LogP contribution in [0.1, 0.15) is 93.7 Å². The Kier molecular flexibility index (Phi) is 9.44. The molecule has 0 saturated heterocycles. The van der Waals surface area contributed by atoms with Crippen LogP contribution in [0.5, 0.6) is 0 Å². The number of benzene rings is 2. The first-order valence-electron chi connectivity index (χ1n) is 15.7. The number of aromatic nitrogens is 1. The van der Waals surface area contributed by atoms with Crippen molar-refractivity contribution in [2.75, 3.05) is 6.54 Å². The Bertz CT molecular complexity index is 1590. The number of nitrogens with one attached hydrogen (secondary N) is 1. The lowest BCUT2D eigenvalue weighted by Crippen LogP contribution is -2.51. The molecule has 45 heavy (non-hydrogen) atoms. The molecule has 2 heterocycles. The molecule has 5 rings (SSSR count). The Morgan fingerprint density at radius 3 is 2.24 bits per heavy atom. The number of rotatable bonds is 9. The molecule has 1 aliphatic heterocycles. The Labute approximate surface area is 269 Å². The number of halogens is 1. The topological polar surface area (TPSA) is 112 Å². The quantitative estimate of drug-likeness (QED) is 0.241. The number of nitrogens with zero attached hydrogens (tertiary/aromatic N) is 3. The van der Waals surface area contributed by atoms with Crippen LogP contribution in [0.2, 0.25) is 5.15 Å². The first-order chi connectivity index (χ1) is 21.4. The summed E-state index contributed by atoms with van der Waals surface area (Å²) in [7, 11) is 0. The molecule has 0 radical (unpaired) electrons. The van der Waals surface area contributed by atoms with Crippen molar-refractivity contribution < 1.29 is 19.5 Å². The SMILES string of the molecule is CCC(c1ccc(C(=O)NCCC(=O)O)cc1)N1C(=O)C(c2ccc(-c3ccnc(Cl)c3)cc2)=NC12CCC(C(C)(C)C)CC2. The lowest BCUT2D eigenvalue weighted by molar-refractivity contribution is -0.137. The second-order valence-electron chi connectivity index (χ2n) is 13.1. The number of aliphatic carboxylic acids is 1. The third-order valence-electron chi connectivity index (χ3n) is 9.30. The lowest BCUT2D eigenvalue weighted by Gasteiger charge is -2.47. The first-order valence-corrected chi connectivity index (χ1v) is 16.1. The maximum atomic E-state index is 14.4. The first kappa shape index (κ1) is 32.4. The standard InChI is InChI=1S/C36H41ClN4O4/c1-5-29(24-8-12-26(13-9-24)33(44)39-21-17-31(42)43)41-34(45)32(40-36(41)18-14-28(15-19-36)35(2,3)4)25-10-6-23(7-11-25)27-16-20-38-30(37)22-27/h6-13,16,20,22,28-29H,5,14-15,17-19,21H2,1-4H3,(H,39,44)(H,42,43). The minimum absolute atomic E-state index is 0.0608. The molecule has 0 bridgehead atoms. The van der Waals surface area contributed by atoms with E-state index in [1.54, 1.807) is 18.3 Å². The van der Waals surface area contributed by atoms with Crippen LogP contribution in [0.15, 0.2) is 71.9 Å². The minimum Gasteiger partial charge on any atom is -0.481 e. The van der Waals surface area contributed by atoms with Gasteiger partial charge in [-0.2, -0.15) is 0 Å².